The Labute approximate surface area is 131 Å². The first-order chi connectivity index (χ1) is 10.9. The van der Waals surface area contributed by atoms with E-state index in [2.05, 4.69) is 15.6 Å². The second-order valence-corrected chi connectivity index (χ2v) is 5.39. The zero-order valence-electron chi connectivity index (χ0n) is 12.7. The fourth-order valence-electron chi connectivity index (χ4n) is 2.19. The number of nitrogens with zero attached hydrogens (tertiary/aromatic N) is 3. The zero-order chi connectivity index (χ0) is 16.6. The predicted octanol–water partition coefficient (Wildman–Crippen LogP) is 2.65. The molecule has 1 N–H and O–H groups in total. The van der Waals surface area contributed by atoms with Gasteiger partial charge in [-0.1, -0.05) is 5.21 Å². The second kappa shape index (κ2) is 5.60. The van der Waals surface area contributed by atoms with Gasteiger partial charge in [0.1, 0.15) is 11.4 Å². The van der Waals surface area contributed by atoms with Crippen LogP contribution in [0.3, 0.4) is 0 Å². The van der Waals surface area contributed by atoms with Crippen LogP contribution in [0.2, 0.25) is 0 Å². The molecule has 1 atom stereocenters. The molecule has 122 valence electrons. The van der Waals surface area contributed by atoms with E-state index < -0.39 is 12.0 Å². The lowest BCUT2D eigenvalue weighted by Gasteiger charge is -2.09. The molecule has 6 nitrogen and oxygen atoms in total. The molecule has 1 aliphatic carbocycles. The molecule has 1 aromatic carbocycles. The minimum Gasteiger partial charge on any atom is -0.484 e. The Morgan fingerprint density at radius 3 is 2.65 bits per heavy atom. The van der Waals surface area contributed by atoms with Crippen LogP contribution in [0.5, 0.6) is 5.75 Å². The van der Waals surface area contributed by atoms with Crippen LogP contribution in [0.1, 0.15) is 29.5 Å². The maximum atomic E-state index is 12.8. The minimum absolute atomic E-state index is 0.251. The molecule has 0 saturated heterocycles. The Balaban J connectivity index is 1.66. The van der Waals surface area contributed by atoms with Gasteiger partial charge in [0.05, 0.1) is 12.1 Å². The van der Waals surface area contributed by atoms with E-state index in [9.17, 15) is 13.6 Å². The standard InChI is InChI=1S/C15H16F2N4O2/c1-3-21-13(9(2)19-20-21)14(22)18-10-4-6-11(7-5-10)23-12-8-15(12,16)17/h4-7,12H,3,8H2,1-2H3,(H,18,22). The summed E-state index contributed by atoms with van der Waals surface area (Å²) in [6, 6.07) is 6.30. The molecule has 1 aliphatic rings. The third-order valence-electron chi connectivity index (χ3n) is 3.58. The Bertz CT molecular complexity index is 728. The summed E-state index contributed by atoms with van der Waals surface area (Å²) >= 11 is 0. The van der Waals surface area contributed by atoms with Crippen LogP contribution in [-0.2, 0) is 6.54 Å². The molecule has 0 spiro atoms. The number of nitrogens with one attached hydrogen (secondary N) is 1. The second-order valence-electron chi connectivity index (χ2n) is 5.39. The van der Waals surface area contributed by atoms with Crippen molar-refractivity contribution in [2.45, 2.75) is 38.8 Å². The number of rotatable bonds is 5. The molecular weight excluding hydrogens is 306 g/mol. The summed E-state index contributed by atoms with van der Waals surface area (Å²) in [7, 11) is 0. The van der Waals surface area contributed by atoms with Crippen molar-refractivity contribution in [2.75, 3.05) is 5.32 Å². The van der Waals surface area contributed by atoms with Crippen molar-refractivity contribution < 1.29 is 18.3 Å². The van der Waals surface area contributed by atoms with Crippen LogP contribution in [0.15, 0.2) is 24.3 Å². The highest BCUT2D eigenvalue weighted by molar-refractivity contribution is 6.03. The van der Waals surface area contributed by atoms with E-state index in [1.165, 1.54) is 4.68 Å². The van der Waals surface area contributed by atoms with Crippen molar-refractivity contribution in [2.24, 2.45) is 0 Å². The first-order valence-corrected chi connectivity index (χ1v) is 7.26. The number of alkyl halides is 2. The summed E-state index contributed by atoms with van der Waals surface area (Å²) < 4.78 is 32.3. The number of amides is 1. The molecular formula is C15H16F2N4O2. The van der Waals surface area contributed by atoms with Crippen LogP contribution in [0.4, 0.5) is 14.5 Å². The number of halogens is 2. The first kappa shape index (κ1) is 15.4. The van der Waals surface area contributed by atoms with Gasteiger partial charge < -0.3 is 10.1 Å². The summed E-state index contributed by atoms with van der Waals surface area (Å²) in [6.07, 6.45) is -1.30. The topological polar surface area (TPSA) is 69.0 Å². The van der Waals surface area contributed by atoms with Crippen LogP contribution in [0.25, 0.3) is 0 Å². The highest BCUT2D eigenvalue weighted by Gasteiger charge is 2.59. The van der Waals surface area contributed by atoms with E-state index in [1.807, 2.05) is 6.92 Å². The fraction of sp³-hybridized carbons (Fsp3) is 0.400. The molecule has 0 bridgehead atoms. The number of ether oxygens (including phenoxy) is 1. The van der Waals surface area contributed by atoms with E-state index >= 15 is 0 Å². The van der Waals surface area contributed by atoms with Crippen LogP contribution in [-0.4, -0.2) is 32.9 Å². The van der Waals surface area contributed by atoms with Gasteiger partial charge in [0.15, 0.2) is 6.10 Å². The van der Waals surface area contributed by atoms with Crippen LogP contribution < -0.4 is 10.1 Å². The normalized spacial score (nSPS) is 18.5. The van der Waals surface area contributed by atoms with Gasteiger partial charge in [-0.3, -0.25) is 4.79 Å². The quantitative estimate of drug-likeness (QED) is 0.919. The summed E-state index contributed by atoms with van der Waals surface area (Å²) in [6.45, 7) is 4.11. The zero-order valence-corrected chi connectivity index (χ0v) is 12.7. The molecule has 1 aromatic heterocycles. The van der Waals surface area contributed by atoms with Gasteiger partial charge in [0.2, 0.25) is 0 Å². The van der Waals surface area contributed by atoms with E-state index in [1.54, 1.807) is 31.2 Å². The average Bonchev–Trinajstić information content (AvgIpc) is 2.93. The molecule has 1 amide bonds. The highest BCUT2D eigenvalue weighted by Crippen LogP contribution is 2.44. The molecule has 0 radical (unpaired) electrons. The molecule has 1 heterocycles. The highest BCUT2D eigenvalue weighted by atomic mass is 19.3. The number of carbonyl (C=O) groups is 1. The van der Waals surface area contributed by atoms with Crippen molar-refractivity contribution in [3.63, 3.8) is 0 Å². The Morgan fingerprint density at radius 2 is 2.09 bits per heavy atom. The number of carbonyl (C=O) groups excluding carboxylic acids is 1. The van der Waals surface area contributed by atoms with Gasteiger partial charge in [0, 0.05) is 12.2 Å². The lowest BCUT2D eigenvalue weighted by atomic mass is 10.2. The molecule has 1 unspecified atom stereocenters. The van der Waals surface area contributed by atoms with E-state index in [0.717, 1.165) is 0 Å². The molecule has 3 rings (SSSR count). The van der Waals surface area contributed by atoms with Gasteiger partial charge in [-0.05, 0) is 38.1 Å². The number of anilines is 1. The molecule has 1 fully saturated rings. The van der Waals surface area contributed by atoms with Crippen molar-refractivity contribution in [1.82, 2.24) is 15.0 Å². The van der Waals surface area contributed by atoms with Gasteiger partial charge in [-0.15, -0.1) is 5.10 Å². The number of benzene rings is 1. The molecule has 1 saturated carbocycles. The minimum atomic E-state index is -2.73. The molecule has 8 heteroatoms. The first-order valence-electron chi connectivity index (χ1n) is 7.26. The van der Waals surface area contributed by atoms with Crippen molar-refractivity contribution >= 4 is 11.6 Å². The van der Waals surface area contributed by atoms with E-state index in [0.29, 0.717) is 29.4 Å². The molecule has 2 aromatic rings. The monoisotopic (exact) mass is 322 g/mol. The van der Waals surface area contributed by atoms with E-state index in [-0.39, 0.29) is 12.3 Å². The van der Waals surface area contributed by atoms with Crippen LogP contribution in [0, 0.1) is 6.92 Å². The number of hydrogen-bond acceptors (Lipinski definition) is 4. The fourth-order valence-corrected chi connectivity index (χ4v) is 2.19. The lowest BCUT2D eigenvalue weighted by molar-refractivity contribution is 0.0665. The van der Waals surface area contributed by atoms with Crippen molar-refractivity contribution in [3.8, 4) is 5.75 Å². The van der Waals surface area contributed by atoms with Gasteiger partial charge in [-0.25, -0.2) is 13.5 Å². The Morgan fingerprint density at radius 1 is 1.43 bits per heavy atom. The van der Waals surface area contributed by atoms with Gasteiger partial charge in [0.25, 0.3) is 11.8 Å². The van der Waals surface area contributed by atoms with Gasteiger partial charge >= 0.3 is 0 Å². The van der Waals surface area contributed by atoms with Crippen molar-refractivity contribution in [3.05, 3.63) is 35.7 Å². The number of aryl methyl sites for hydroxylation is 2. The maximum absolute atomic E-state index is 12.8. The summed E-state index contributed by atoms with van der Waals surface area (Å²) in [5.41, 5.74) is 1.47. The molecule has 0 aliphatic heterocycles. The summed E-state index contributed by atoms with van der Waals surface area (Å²) in [5.74, 6) is -2.70. The summed E-state index contributed by atoms with van der Waals surface area (Å²) in [5, 5.41) is 10.5. The number of hydrogen-bond donors (Lipinski definition) is 1. The predicted molar refractivity (Wildman–Crippen MR) is 78.8 cm³/mol. The SMILES string of the molecule is CCn1nnc(C)c1C(=O)Nc1ccc(OC2CC2(F)F)cc1. The smallest absolute Gasteiger partial charge is 0.288 e. The Kier molecular flexibility index (Phi) is 3.75. The lowest BCUT2D eigenvalue weighted by Crippen LogP contribution is -2.18. The average molecular weight is 322 g/mol. The Hall–Kier alpha value is -2.51. The maximum Gasteiger partial charge on any atom is 0.288 e. The third-order valence-corrected chi connectivity index (χ3v) is 3.58. The van der Waals surface area contributed by atoms with E-state index in [4.69, 9.17) is 4.74 Å². The number of aromatic nitrogens is 3. The largest absolute Gasteiger partial charge is 0.484 e. The van der Waals surface area contributed by atoms with Crippen LogP contribution >= 0.6 is 0 Å². The third kappa shape index (κ3) is 3.15. The van der Waals surface area contributed by atoms with Gasteiger partial charge in [-0.2, -0.15) is 0 Å². The molecule has 23 heavy (non-hydrogen) atoms. The summed E-state index contributed by atoms with van der Waals surface area (Å²) in [4.78, 5) is 12.3. The van der Waals surface area contributed by atoms with Crippen molar-refractivity contribution in [1.29, 1.82) is 0 Å².